The van der Waals surface area contributed by atoms with Gasteiger partial charge in [0, 0.05) is 12.1 Å². The first-order chi connectivity index (χ1) is 12.0. The number of carbonyl (C=O) groups is 1. The van der Waals surface area contributed by atoms with Crippen molar-refractivity contribution in [2.45, 2.75) is 25.0 Å². The summed E-state index contributed by atoms with van der Waals surface area (Å²) in [6, 6.07) is 5.77. The number of methoxy groups -OCH3 is 2. The number of ether oxygens (including phenoxy) is 2. The SMILES string of the molecule is CCC1SC(=O)N(CCCN(C)C)N=C1c1ccc(OC)c(OC)c1. The summed E-state index contributed by atoms with van der Waals surface area (Å²) in [5.74, 6) is 1.35. The van der Waals surface area contributed by atoms with Gasteiger partial charge in [-0.15, -0.1) is 0 Å². The lowest BCUT2D eigenvalue weighted by Gasteiger charge is -2.28. The second kappa shape index (κ2) is 9.10. The van der Waals surface area contributed by atoms with Crippen LogP contribution in [0.1, 0.15) is 25.3 Å². The molecule has 6 nitrogen and oxygen atoms in total. The molecule has 2 rings (SSSR count). The minimum Gasteiger partial charge on any atom is -0.493 e. The molecular formula is C18H27N3O3S. The van der Waals surface area contributed by atoms with Crippen LogP contribution in [0.3, 0.4) is 0 Å². The van der Waals surface area contributed by atoms with E-state index in [4.69, 9.17) is 9.47 Å². The molecule has 0 aromatic heterocycles. The van der Waals surface area contributed by atoms with Gasteiger partial charge in [-0.25, -0.2) is 5.01 Å². The van der Waals surface area contributed by atoms with Crippen molar-refractivity contribution in [1.29, 1.82) is 0 Å². The molecule has 7 heteroatoms. The lowest BCUT2D eigenvalue weighted by molar-refractivity contribution is 0.221. The zero-order chi connectivity index (χ0) is 18.4. The molecule has 1 atom stereocenters. The van der Waals surface area contributed by atoms with E-state index in [2.05, 4.69) is 16.9 Å². The molecule has 0 N–H and O–H groups in total. The number of thioether (sulfide) groups is 1. The van der Waals surface area contributed by atoms with E-state index in [1.807, 2.05) is 32.3 Å². The third-order valence-electron chi connectivity index (χ3n) is 4.01. The Balaban J connectivity index is 2.29. The molecule has 0 fully saturated rings. The number of hydrogen-bond donors (Lipinski definition) is 0. The van der Waals surface area contributed by atoms with Gasteiger partial charge in [0.05, 0.1) is 25.2 Å². The quantitative estimate of drug-likeness (QED) is 0.707. The number of hydrogen-bond acceptors (Lipinski definition) is 6. The summed E-state index contributed by atoms with van der Waals surface area (Å²) < 4.78 is 10.7. The van der Waals surface area contributed by atoms with E-state index < -0.39 is 0 Å². The minimum absolute atomic E-state index is 0.0230. The fraction of sp³-hybridized carbons (Fsp3) is 0.556. The van der Waals surface area contributed by atoms with E-state index in [-0.39, 0.29) is 10.5 Å². The van der Waals surface area contributed by atoms with Gasteiger partial charge in [0.25, 0.3) is 0 Å². The van der Waals surface area contributed by atoms with Crippen LogP contribution in [0.4, 0.5) is 4.79 Å². The number of hydrazone groups is 1. The summed E-state index contributed by atoms with van der Waals surface area (Å²) in [7, 11) is 7.29. The van der Waals surface area contributed by atoms with Gasteiger partial charge in [-0.2, -0.15) is 5.10 Å². The molecule has 1 aromatic carbocycles. The molecule has 1 aliphatic heterocycles. The zero-order valence-corrected chi connectivity index (χ0v) is 16.4. The fourth-order valence-electron chi connectivity index (χ4n) is 2.67. The van der Waals surface area contributed by atoms with E-state index in [1.165, 1.54) is 11.8 Å². The first kappa shape index (κ1) is 19.6. The maximum Gasteiger partial charge on any atom is 0.302 e. The summed E-state index contributed by atoms with van der Waals surface area (Å²) >= 11 is 1.35. The molecule has 0 saturated heterocycles. The fourth-order valence-corrected chi connectivity index (χ4v) is 3.63. The maximum absolute atomic E-state index is 12.4. The molecule has 138 valence electrons. The number of benzene rings is 1. The largest absolute Gasteiger partial charge is 0.493 e. The Labute approximate surface area is 154 Å². The lowest BCUT2D eigenvalue weighted by Crippen LogP contribution is -2.36. The standard InChI is InChI=1S/C18H27N3O3S/c1-6-16-17(13-8-9-14(23-4)15(12-13)24-5)19-21(18(22)25-16)11-7-10-20(2)3/h8-9,12,16H,6-7,10-11H2,1-5H3. The van der Waals surface area contributed by atoms with Gasteiger partial charge in [-0.05, 0) is 51.7 Å². The maximum atomic E-state index is 12.4. The highest BCUT2D eigenvalue weighted by Crippen LogP contribution is 2.33. The Morgan fingerprint density at radius 3 is 2.56 bits per heavy atom. The van der Waals surface area contributed by atoms with Crippen LogP contribution in [0.5, 0.6) is 11.5 Å². The molecule has 1 aromatic rings. The van der Waals surface area contributed by atoms with Crippen LogP contribution in [0, 0.1) is 0 Å². The predicted octanol–water partition coefficient (Wildman–Crippen LogP) is 3.31. The predicted molar refractivity (Wildman–Crippen MR) is 103 cm³/mol. The second-order valence-corrected chi connectivity index (χ2v) is 7.27. The first-order valence-electron chi connectivity index (χ1n) is 8.43. The van der Waals surface area contributed by atoms with Crippen molar-refractivity contribution in [3.05, 3.63) is 23.8 Å². The summed E-state index contributed by atoms with van der Waals surface area (Å²) in [4.78, 5) is 14.5. The van der Waals surface area contributed by atoms with E-state index in [0.29, 0.717) is 18.0 Å². The summed E-state index contributed by atoms with van der Waals surface area (Å²) in [6.07, 6.45) is 1.73. The van der Waals surface area contributed by atoms with Crippen LogP contribution in [-0.4, -0.2) is 67.5 Å². The van der Waals surface area contributed by atoms with Gasteiger partial charge in [0.15, 0.2) is 11.5 Å². The third kappa shape index (κ3) is 4.89. The Bertz CT molecular complexity index is 634. The molecule has 1 heterocycles. The van der Waals surface area contributed by atoms with Crippen molar-refractivity contribution in [1.82, 2.24) is 9.91 Å². The highest BCUT2D eigenvalue weighted by Gasteiger charge is 2.30. The second-order valence-electron chi connectivity index (χ2n) is 6.12. The van der Waals surface area contributed by atoms with Crippen LogP contribution in [0.25, 0.3) is 0 Å². The zero-order valence-electron chi connectivity index (χ0n) is 15.6. The van der Waals surface area contributed by atoms with Crippen molar-refractivity contribution in [3.8, 4) is 11.5 Å². The Hall–Kier alpha value is -1.73. The van der Waals surface area contributed by atoms with Crippen molar-refractivity contribution in [3.63, 3.8) is 0 Å². The van der Waals surface area contributed by atoms with Crippen molar-refractivity contribution in [2.75, 3.05) is 41.4 Å². The number of carbonyl (C=O) groups excluding carboxylic acids is 1. The van der Waals surface area contributed by atoms with Gasteiger partial charge >= 0.3 is 5.24 Å². The van der Waals surface area contributed by atoms with Crippen molar-refractivity contribution >= 4 is 22.7 Å². The molecule has 0 aliphatic carbocycles. The highest BCUT2D eigenvalue weighted by molar-refractivity contribution is 8.14. The van der Waals surface area contributed by atoms with Crippen LogP contribution in [0.2, 0.25) is 0 Å². The molecule has 0 bridgehead atoms. The molecule has 1 unspecified atom stereocenters. The van der Waals surface area contributed by atoms with E-state index in [0.717, 1.165) is 30.7 Å². The lowest BCUT2D eigenvalue weighted by atomic mass is 10.0. The van der Waals surface area contributed by atoms with Gasteiger partial charge in [-0.3, -0.25) is 4.79 Å². The van der Waals surface area contributed by atoms with Gasteiger partial charge < -0.3 is 14.4 Å². The van der Waals surface area contributed by atoms with E-state index in [9.17, 15) is 4.79 Å². The summed E-state index contributed by atoms with van der Waals surface area (Å²) in [6.45, 7) is 3.62. The number of amides is 1. The molecule has 0 radical (unpaired) electrons. The summed E-state index contributed by atoms with van der Waals surface area (Å²) in [5, 5.41) is 6.34. The smallest absolute Gasteiger partial charge is 0.302 e. The van der Waals surface area contributed by atoms with Gasteiger partial charge in [0.2, 0.25) is 0 Å². The van der Waals surface area contributed by atoms with E-state index >= 15 is 0 Å². The van der Waals surface area contributed by atoms with Crippen LogP contribution in [0.15, 0.2) is 23.3 Å². The Morgan fingerprint density at radius 2 is 1.96 bits per heavy atom. The number of rotatable bonds is 8. The van der Waals surface area contributed by atoms with E-state index in [1.54, 1.807) is 19.2 Å². The van der Waals surface area contributed by atoms with Crippen LogP contribution < -0.4 is 9.47 Å². The number of nitrogens with zero attached hydrogens (tertiary/aromatic N) is 3. The highest BCUT2D eigenvalue weighted by atomic mass is 32.2. The molecule has 1 amide bonds. The van der Waals surface area contributed by atoms with Crippen LogP contribution >= 0.6 is 11.8 Å². The average molecular weight is 365 g/mol. The minimum atomic E-state index is 0.0230. The molecular weight excluding hydrogens is 338 g/mol. The van der Waals surface area contributed by atoms with Crippen molar-refractivity contribution in [2.24, 2.45) is 5.10 Å². The van der Waals surface area contributed by atoms with Gasteiger partial charge in [-0.1, -0.05) is 18.7 Å². The monoisotopic (exact) mass is 365 g/mol. The molecule has 25 heavy (non-hydrogen) atoms. The van der Waals surface area contributed by atoms with Gasteiger partial charge in [0.1, 0.15) is 0 Å². The molecule has 1 aliphatic rings. The summed E-state index contributed by atoms with van der Waals surface area (Å²) in [5.41, 5.74) is 1.88. The molecule has 0 spiro atoms. The third-order valence-corrected chi connectivity index (χ3v) is 5.27. The Kier molecular flexibility index (Phi) is 7.13. The molecule has 0 saturated carbocycles. The normalized spacial score (nSPS) is 17.7. The average Bonchev–Trinajstić information content (AvgIpc) is 2.61. The van der Waals surface area contributed by atoms with Crippen molar-refractivity contribution < 1.29 is 14.3 Å². The Morgan fingerprint density at radius 1 is 1.24 bits per heavy atom. The first-order valence-corrected chi connectivity index (χ1v) is 9.31. The topological polar surface area (TPSA) is 54.4 Å². The van der Waals surface area contributed by atoms with Crippen LogP contribution in [-0.2, 0) is 0 Å².